The van der Waals surface area contributed by atoms with Gasteiger partial charge in [-0.15, -0.1) is 0 Å². The third-order valence-electron chi connectivity index (χ3n) is 4.10. The van der Waals surface area contributed by atoms with Crippen molar-refractivity contribution in [2.45, 2.75) is 27.3 Å². The molecule has 0 spiro atoms. The maximum Gasteiger partial charge on any atom is 0.266 e. The molecule has 146 valence electrons. The average Bonchev–Trinajstić information content (AvgIpc) is 2.92. The van der Waals surface area contributed by atoms with E-state index in [1.807, 2.05) is 6.07 Å². The molecule has 1 aliphatic heterocycles. The van der Waals surface area contributed by atoms with Crippen LogP contribution in [0.1, 0.15) is 25.1 Å². The monoisotopic (exact) mass is 400 g/mol. The zero-order valence-corrected chi connectivity index (χ0v) is 16.7. The van der Waals surface area contributed by atoms with Crippen molar-refractivity contribution in [2.24, 2.45) is 5.92 Å². The van der Waals surface area contributed by atoms with E-state index in [9.17, 15) is 10.1 Å². The number of fused-ring (bicyclic) bond motifs is 1. The largest absolute Gasteiger partial charge is 0.486 e. The molecule has 0 atom stereocenters. The van der Waals surface area contributed by atoms with Crippen LogP contribution >= 0.6 is 11.6 Å². The predicted molar refractivity (Wildman–Crippen MR) is 106 cm³/mol. The predicted octanol–water partition coefficient (Wildman–Crippen LogP) is 3.82. The van der Waals surface area contributed by atoms with Crippen LogP contribution in [0.4, 0.5) is 5.69 Å². The van der Waals surface area contributed by atoms with Gasteiger partial charge in [0, 0.05) is 23.9 Å². The smallest absolute Gasteiger partial charge is 0.266 e. The number of amides is 1. The van der Waals surface area contributed by atoms with Crippen molar-refractivity contribution < 1.29 is 14.3 Å². The first-order valence-corrected chi connectivity index (χ1v) is 9.32. The van der Waals surface area contributed by atoms with Crippen LogP contribution in [0.15, 0.2) is 23.8 Å². The zero-order chi connectivity index (χ0) is 20.3. The van der Waals surface area contributed by atoms with Crippen molar-refractivity contribution >= 4 is 29.3 Å². The molecule has 8 heteroatoms. The van der Waals surface area contributed by atoms with Crippen LogP contribution in [0.3, 0.4) is 0 Å². The maximum atomic E-state index is 12.6. The number of anilines is 1. The van der Waals surface area contributed by atoms with Gasteiger partial charge in [-0.2, -0.15) is 10.4 Å². The van der Waals surface area contributed by atoms with Gasteiger partial charge in [0.05, 0.1) is 5.69 Å². The Labute approximate surface area is 168 Å². The van der Waals surface area contributed by atoms with Crippen LogP contribution in [0, 0.1) is 24.2 Å². The molecule has 0 unspecified atom stereocenters. The first-order valence-electron chi connectivity index (χ1n) is 8.94. The summed E-state index contributed by atoms with van der Waals surface area (Å²) >= 11 is 6.40. The summed E-state index contributed by atoms with van der Waals surface area (Å²) in [6.45, 7) is 7.51. The number of hydrogen-bond acceptors (Lipinski definition) is 5. The molecule has 1 amide bonds. The third kappa shape index (κ3) is 4.29. The summed E-state index contributed by atoms with van der Waals surface area (Å²) in [6, 6.07) is 7.01. The van der Waals surface area contributed by atoms with Gasteiger partial charge in [-0.1, -0.05) is 25.4 Å². The number of halogens is 1. The van der Waals surface area contributed by atoms with E-state index in [1.165, 1.54) is 6.08 Å². The fourth-order valence-electron chi connectivity index (χ4n) is 2.81. The number of nitriles is 1. The lowest BCUT2D eigenvalue weighted by atomic mass is 10.1. The Kier molecular flexibility index (Phi) is 5.90. The molecule has 0 fully saturated rings. The Hall–Kier alpha value is -2.98. The van der Waals surface area contributed by atoms with E-state index in [0.717, 1.165) is 0 Å². The van der Waals surface area contributed by atoms with Crippen LogP contribution in [0.25, 0.3) is 6.08 Å². The van der Waals surface area contributed by atoms with E-state index in [1.54, 1.807) is 29.8 Å². The molecule has 2 heterocycles. The Morgan fingerprint density at radius 1 is 1.39 bits per heavy atom. The summed E-state index contributed by atoms with van der Waals surface area (Å²) in [5.41, 5.74) is 1.67. The van der Waals surface area contributed by atoms with Crippen molar-refractivity contribution in [1.29, 1.82) is 5.26 Å². The Bertz CT molecular complexity index is 973. The van der Waals surface area contributed by atoms with E-state index < -0.39 is 5.91 Å². The van der Waals surface area contributed by atoms with Gasteiger partial charge in [0.1, 0.15) is 30.0 Å². The highest BCUT2D eigenvalue weighted by atomic mass is 35.5. The summed E-state index contributed by atoms with van der Waals surface area (Å²) in [4.78, 5) is 12.6. The lowest BCUT2D eigenvalue weighted by molar-refractivity contribution is -0.112. The number of nitrogens with one attached hydrogen (secondary N) is 1. The van der Waals surface area contributed by atoms with Gasteiger partial charge >= 0.3 is 0 Å². The standard InChI is InChI=1S/C20H21ClN4O3/c1-12(2)11-25-19(21)16(13(3)24-25)8-14(10-22)20(26)23-15-4-5-17-18(9-15)28-7-6-27-17/h4-5,8-9,12H,6-7,11H2,1-3H3,(H,23,26)/b14-8+. The lowest BCUT2D eigenvalue weighted by Crippen LogP contribution is -2.17. The van der Waals surface area contributed by atoms with E-state index in [-0.39, 0.29) is 5.57 Å². The third-order valence-corrected chi connectivity index (χ3v) is 4.50. The Morgan fingerprint density at radius 2 is 2.11 bits per heavy atom. The molecule has 1 aliphatic rings. The summed E-state index contributed by atoms with van der Waals surface area (Å²) < 4.78 is 12.7. The number of carbonyl (C=O) groups excluding carboxylic acids is 1. The van der Waals surface area contributed by atoms with Crippen molar-refractivity contribution in [3.63, 3.8) is 0 Å². The highest BCUT2D eigenvalue weighted by Crippen LogP contribution is 2.32. The van der Waals surface area contributed by atoms with Crippen molar-refractivity contribution in [2.75, 3.05) is 18.5 Å². The van der Waals surface area contributed by atoms with E-state index in [4.69, 9.17) is 21.1 Å². The van der Waals surface area contributed by atoms with Gasteiger partial charge in [0.25, 0.3) is 5.91 Å². The molecule has 0 saturated carbocycles. The Balaban J connectivity index is 1.82. The van der Waals surface area contributed by atoms with Gasteiger partial charge in [0.2, 0.25) is 0 Å². The zero-order valence-electron chi connectivity index (χ0n) is 16.0. The first kappa shape index (κ1) is 19.8. The molecule has 28 heavy (non-hydrogen) atoms. The molecule has 3 rings (SSSR count). The second-order valence-corrected chi connectivity index (χ2v) is 7.21. The molecular formula is C20H21ClN4O3. The second kappa shape index (κ2) is 8.36. The lowest BCUT2D eigenvalue weighted by Gasteiger charge is -2.18. The van der Waals surface area contributed by atoms with E-state index in [0.29, 0.717) is 59.3 Å². The fourth-order valence-corrected chi connectivity index (χ4v) is 3.11. The van der Waals surface area contributed by atoms with E-state index in [2.05, 4.69) is 24.3 Å². The normalized spacial score (nSPS) is 13.4. The molecule has 1 N–H and O–H groups in total. The number of nitrogens with zero attached hydrogens (tertiary/aromatic N) is 3. The number of aryl methyl sites for hydroxylation is 1. The van der Waals surface area contributed by atoms with Gasteiger partial charge in [0.15, 0.2) is 11.5 Å². The highest BCUT2D eigenvalue weighted by molar-refractivity contribution is 6.31. The van der Waals surface area contributed by atoms with Crippen molar-refractivity contribution in [3.05, 3.63) is 40.2 Å². The topological polar surface area (TPSA) is 89.2 Å². The number of rotatable bonds is 5. The summed E-state index contributed by atoms with van der Waals surface area (Å²) in [7, 11) is 0. The molecule has 7 nitrogen and oxygen atoms in total. The van der Waals surface area contributed by atoms with Gasteiger partial charge < -0.3 is 14.8 Å². The molecule has 2 aromatic rings. The SMILES string of the molecule is Cc1nn(CC(C)C)c(Cl)c1/C=C(\C#N)C(=O)Nc1ccc2c(c1)OCCO2. The molecular weight excluding hydrogens is 380 g/mol. The molecule has 1 aromatic heterocycles. The Morgan fingerprint density at radius 3 is 2.79 bits per heavy atom. The number of benzene rings is 1. The molecule has 0 aliphatic carbocycles. The minimum atomic E-state index is -0.536. The number of carbonyl (C=O) groups is 1. The van der Waals surface area contributed by atoms with Gasteiger partial charge in [-0.05, 0) is 31.1 Å². The number of ether oxygens (including phenoxy) is 2. The van der Waals surface area contributed by atoms with Crippen LogP contribution in [0.2, 0.25) is 5.15 Å². The van der Waals surface area contributed by atoms with Crippen LogP contribution in [-0.2, 0) is 11.3 Å². The summed E-state index contributed by atoms with van der Waals surface area (Å²) in [6.07, 6.45) is 1.47. The maximum absolute atomic E-state index is 12.6. The molecule has 0 radical (unpaired) electrons. The first-order chi connectivity index (χ1) is 13.4. The highest BCUT2D eigenvalue weighted by Gasteiger charge is 2.18. The fraction of sp³-hybridized carbons (Fsp3) is 0.350. The minimum absolute atomic E-state index is 0.0658. The summed E-state index contributed by atoms with van der Waals surface area (Å²) in [5, 5.41) is 17.0. The van der Waals surface area contributed by atoms with Crippen LogP contribution in [-0.4, -0.2) is 28.9 Å². The van der Waals surface area contributed by atoms with E-state index >= 15 is 0 Å². The quantitative estimate of drug-likeness (QED) is 0.608. The molecule has 0 saturated heterocycles. The summed E-state index contributed by atoms with van der Waals surface area (Å²) in [5.74, 6) is 1.01. The minimum Gasteiger partial charge on any atom is -0.486 e. The van der Waals surface area contributed by atoms with Crippen molar-refractivity contribution in [1.82, 2.24) is 9.78 Å². The van der Waals surface area contributed by atoms with Gasteiger partial charge in [-0.25, -0.2) is 0 Å². The molecule has 0 bridgehead atoms. The van der Waals surface area contributed by atoms with Crippen LogP contribution in [0.5, 0.6) is 11.5 Å². The number of aromatic nitrogens is 2. The van der Waals surface area contributed by atoms with Crippen molar-refractivity contribution in [3.8, 4) is 17.6 Å². The second-order valence-electron chi connectivity index (χ2n) is 6.85. The molecule has 1 aromatic carbocycles. The van der Waals surface area contributed by atoms with Crippen LogP contribution < -0.4 is 14.8 Å². The van der Waals surface area contributed by atoms with Gasteiger partial charge in [-0.3, -0.25) is 9.48 Å². The number of hydrogen-bond donors (Lipinski definition) is 1. The average molecular weight is 401 g/mol.